The zero-order valence-electron chi connectivity index (χ0n) is 18.2. The highest BCUT2D eigenvalue weighted by molar-refractivity contribution is 6.46. The maximum absolute atomic E-state index is 13.9. The van der Waals surface area contributed by atoms with Gasteiger partial charge in [0.05, 0.1) is 38.3 Å². The van der Waals surface area contributed by atoms with E-state index in [9.17, 15) is 14.0 Å². The molecule has 4 rings (SSSR count). The summed E-state index contributed by atoms with van der Waals surface area (Å²) in [5.41, 5.74) is 1.10. The van der Waals surface area contributed by atoms with Crippen LogP contribution in [0.25, 0.3) is 5.57 Å². The second-order valence-electron chi connectivity index (χ2n) is 7.07. The average molecular weight is 448 g/mol. The molecule has 33 heavy (non-hydrogen) atoms. The fourth-order valence-corrected chi connectivity index (χ4v) is 3.63. The highest BCUT2D eigenvalue weighted by atomic mass is 19.1. The maximum atomic E-state index is 13.9. The van der Waals surface area contributed by atoms with Gasteiger partial charge in [0.2, 0.25) is 0 Å². The van der Waals surface area contributed by atoms with Gasteiger partial charge in [-0.2, -0.15) is 0 Å². The molecule has 0 saturated carbocycles. The molecule has 8 heteroatoms. The summed E-state index contributed by atoms with van der Waals surface area (Å²) in [6, 6.07) is 17.2. The summed E-state index contributed by atoms with van der Waals surface area (Å²) in [7, 11) is 4.49. The molecule has 1 N–H and O–H groups in total. The van der Waals surface area contributed by atoms with Gasteiger partial charge in [0.25, 0.3) is 11.8 Å². The topological polar surface area (TPSA) is 77.1 Å². The minimum Gasteiger partial charge on any atom is -0.497 e. The van der Waals surface area contributed by atoms with Crippen LogP contribution in [0.4, 0.5) is 15.8 Å². The Morgan fingerprint density at radius 3 is 2.24 bits per heavy atom. The number of halogens is 1. The second-order valence-corrected chi connectivity index (χ2v) is 7.07. The van der Waals surface area contributed by atoms with Crippen LogP contribution in [0.15, 0.2) is 72.4 Å². The minimum absolute atomic E-state index is 0.0113. The number of hydrogen-bond donors (Lipinski definition) is 1. The molecule has 3 aromatic carbocycles. The minimum atomic E-state index is -0.635. The van der Waals surface area contributed by atoms with Crippen molar-refractivity contribution < 1.29 is 28.2 Å². The zero-order chi connectivity index (χ0) is 23.5. The molecule has 0 bridgehead atoms. The van der Waals surface area contributed by atoms with Gasteiger partial charge in [-0.3, -0.25) is 9.59 Å². The van der Waals surface area contributed by atoms with Crippen LogP contribution in [0.1, 0.15) is 5.56 Å². The number of carbonyl (C=O) groups excluding carboxylic acids is 2. The van der Waals surface area contributed by atoms with Gasteiger partial charge >= 0.3 is 0 Å². The first-order chi connectivity index (χ1) is 16.0. The third kappa shape index (κ3) is 3.98. The molecule has 1 heterocycles. The number of carbonyl (C=O) groups is 2. The predicted molar refractivity (Wildman–Crippen MR) is 122 cm³/mol. The van der Waals surface area contributed by atoms with Gasteiger partial charge < -0.3 is 19.5 Å². The Bertz CT molecular complexity index is 1270. The van der Waals surface area contributed by atoms with Crippen molar-refractivity contribution in [2.45, 2.75) is 0 Å². The normalized spacial score (nSPS) is 13.4. The molecule has 3 aromatic rings. The summed E-state index contributed by atoms with van der Waals surface area (Å²) in [6.07, 6.45) is 0. The third-order valence-corrected chi connectivity index (χ3v) is 5.19. The number of rotatable bonds is 7. The Balaban J connectivity index is 1.88. The molecule has 0 fully saturated rings. The van der Waals surface area contributed by atoms with E-state index in [0.717, 1.165) is 11.0 Å². The van der Waals surface area contributed by atoms with Crippen molar-refractivity contribution in [3.63, 3.8) is 0 Å². The van der Waals surface area contributed by atoms with E-state index in [1.807, 2.05) is 0 Å². The van der Waals surface area contributed by atoms with Crippen LogP contribution in [0.5, 0.6) is 17.2 Å². The number of para-hydroxylation sites is 1. The van der Waals surface area contributed by atoms with Crippen molar-refractivity contribution in [1.82, 2.24) is 0 Å². The number of imide groups is 1. The zero-order valence-corrected chi connectivity index (χ0v) is 18.2. The molecule has 0 spiro atoms. The van der Waals surface area contributed by atoms with Gasteiger partial charge in [0.15, 0.2) is 0 Å². The van der Waals surface area contributed by atoms with Gasteiger partial charge in [-0.05, 0) is 36.4 Å². The van der Waals surface area contributed by atoms with Crippen molar-refractivity contribution in [2.24, 2.45) is 0 Å². The van der Waals surface area contributed by atoms with E-state index in [-0.39, 0.29) is 17.0 Å². The number of anilines is 2. The van der Waals surface area contributed by atoms with Gasteiger partial charge in [-0.15, -0.1) is 0 Å². The second kappa shape index (κ2) is 9.04. The number of benzene rings is 3. The van der Waals surface area contributed by atoms with Gasteiger partial charge in [0, 0.05) is 11.6 Å². The van der Waals surface area contributed by atoms with E-state index < -0.39 is 17.6 Å². The first-order valence-electron chi connectivity index (χ1n) is 9.99. The number of amides is 2. The van der Waals surface area contributed by atoms with Crippen molar-refractivity contribution in [2.75, 3.05) is 31.5 Å². The maximum Gasteiger partial charge on any atom is 0.282 e. The van der Waals surface area contributed by atoms with Crippen molar-refractivity contribution in [3.05, 3.63) is 83.8 Å². The summed E-state index contributed by atoms with van der Waals surface area (Å²) >= 11 is 0. The van der Waals surface area contributed by atoms with Crippen LogP contribution >= 0.6 is 0 Å². The fourth-order valence-electron chi connectivity index (χ4n) is 3.63. The van der Waals surface area contributed by atoms with E-state index >= 15 is 0 Å². The van der Waals surface area contributed by atoms with Crippen molar-refractivity contribution in [3.8, 4) is 17.2 Å². The molecule has 0 unspecified atom stereocenters. The predicted octanol–water partition coefficient (Wildman–Crippen LogP) is 4.25. The van der Waals surface area contributed by atoms with Crippen molar-refractivity contribution in [1.29, 1.82) is 0 Å². The largest absolute Gasteiger partial charge is 0.497 e. The van der Waals surface area contributed by atoms with E-state index in [4.69, 9.17) is 14.2 Å². The summed E-state index contributed by atoms with van der Waals surface area (Å²) < 4.78 is 30.0. The summed E-state index contributed by atoms with van der Waals surface area (Å²) in [6.45, 7) is 0. The Morgan fingerprint density at radius 2 is 1.55 bits per heavy atom. The van der Waals surface area contributed by atoms with Crippen LogP contribution < -0.4 is 24.4 Å². The summed E-state index contributed by atoms with van der Waals surface area (Å²) in [5, 5.41) is 3.04. The smallest absolute Gasteiger partial charge is 0.282 e. The lowest BCUT2D eigenvalue weighted by Crippen LogP contribution is -2.32. The molecule has 2 amide bonds. The summed E-state index contributed by atoms with van der Waals surface area (Å²) in [5.74, 6) is -0.424. The molecule has 0 aromatic heterocycles. The van der Waals surface area contributed by atoms with E-state index in [1.54, 1.807) is 42.5 Å². The molecule has 0 saturated heterocycles. The first kappa shape index (κ1) is 21.9. The molecule has 1 aliphatic heterocycles. The molecule has 7 nitrogen and oxygen atoms in total. The number of nitrogens with zero attached hydrogens (tertiary/aromatic N) is 1. The lowest BCUT2D eigenvalue weighted by atomic mass is 10.0. The van der Waals surface area contributed by atoms with Gasteiger partial charge in [0.1, 0.15) is 28.8 Å². The standard InChI is InChI=1S/C25H21FN2O5/c1-31-17-11-12-19(21(14-17)33-3)27-23-22(18-9-4-5-10-20(18)32-2)24(29)28(25(23)30)16-8-6-7-15(26)13-16/h4-14,27H,1-3H3. The molecule has 0 atom stereocenters. The first-order valence-corrected chi connectivity index (χ1v) is 9.99. The Kier molecular flexibility index (Phi) is 5.99. The number of nitrogens with one attached hydrogen (secondary N) is 1. The molecule has 0 radical (unpaired) electrons. The number of ether oxygens (including phenoxy) is 3. The van der Waals surface area contributed by atoms with Gasteiger partial charge in [-0.1, -0.05) is 24.3 Å². The Labute approximate surface area is 190 Å². The lowest BCUT2D eigenvalue weighted by molar-refractivity contribution is -0.120. The molecular weight excluding hydrogens is 427 g/mol. The van der Waals surface area contributed by atoms with Crippen LogP contribution in [0, 0.1) is 5.82 Å². The fraction of sp³-hybridized carbons (Fsp3) is 0.120. The number of methoxy groups -OCH3 is 3. The van der Waals surface area contributed by atoms with Crippen LogP contribution in [0.2, 0.25) is 0 Å². The monoisotopic (exact) mass is 448 g/mol. The number of hydrogen-bond acceptors (Lipinski definition) is 6. The molecular formula is C25H21FN2O5. The van der Waals surface area contributed by atoms with Crippen LogP contribution in [-0.2, 0) is 9.59 Å². The van der Waals surface area contributed by atoms with E-state index in [1.165, 1.54) is 39.5 Å². The van der Waals surface area contributed by atoms with E-state index in [2.05, 4.69) is 5.32 Å². The van der Waals surface area contributed by atoms with Crippen LogP contribution in [0.3, 0.4) is 0 Å². The molecule has 168 valence electrons. The Hall–Kier alpha value is -4.33. The SMILES string of the molecule is COc1ccc(NC2=C(c3ccccc3OC)C(=O)N(c3cccc(F)c3)C2=O)c(OC)c1. The third-order valence-electron chi connectivity index (χ3n) is 5.19. The quantitative estimate of drug-likeness (QED) is 0.545. The lowest BCUT2D eigenvalue weighted by Gasteiger charge is -2.16. The molecule has 1 aliphatic rings. The Morgan fingerprint density at radius 1 is 0.788 bits per heavy atom. The highest BCUT2D eigenvalue weighted by Gasteiger charge is 2.41. The van der Waals surface area contributed by atoms with Crippen molar-refractivity contribution >= 4 is 28.8 Å². The molecule has 0 aliphatic carbocycles. The van der Waals surface area contributed by atoms with E-state index in [0.29, 0.717) is 28.5 Å². The van der Waals surface area contributed by atoms with Crippen LogP contribution in [-0.4, -0.2) is 33.1 Å². The average Bonchev–Trinajstić information content (AvgIpc) is 3.08. The highest BCUT2D eigenvalue weighted by Crippen LogP contribution is 2.39. The van der Waals surface area contributed by atoms with Gasteiger partial charge in [-0.25, -0.2) is 9.29 Å². The summed E-state index contributed by atoms with van der Waals surface area (Å²) in [4.78, 5) is 28.0.